The lowest BCUT2D eigenvalue weighted by Crippen LogP contribution is -2.35. The molecular formula is C10H19BrO. The van der Waals surface area contributed by atoms with Crippen molar-refractivity contribution in [3.05, 3.63) is 0 Å². The van der Waals surface area contributed by atoms with Crippen LogP contribution in [-0.4, -0.2) is 16.5 Å². The van der Waals surface area contributed by atoms with Crippen molar-refractivity contribution in [2.75, 3.05) is 0 Å². The molecule has 1 nitrogen and oxygen atoms in total. The van der Waals surface area contributed by atoms with Crippen molar-refractivity contribution in [2.45, 2.75) is 63.0 Å². The lowest BCUT2D eigenvalue weighted by molar-refractivity contribution is -0.0693. The third kappa shape index (κ3) is 3.44. The average molecular weight is 235 g/mol. The van der Waals surface area contributed by atoms with Gasteiger partial charge in [-0.15, -0.1) is 0 Å². The van der Waals surface area contributed by atoms with Gasteiger partial charge in [0.1, 0.15) is 0 Å². The van der Waals surface area contributed by atoms with Crippen molar-refractivity contribution in [2.24, 2.45) is 0 Å². The van der Waals surface area contributed by atoms with Gasteiger partial charge in [0, 0.05) is 4.83 Å². The Labute approximate surface area is 84.0 Å². The van der Waals surface area contributed by atoms with Gasteiger partial charge in [-0.2, -0.15) is 0 Å². The third-order valence-electron chi connectivity index (χ3n) is 2.13. The summed E-state index contributed by atoms with van der Waals surface area (Å²) in [6.07, 6.45) is 5.58. The van der Waals surface area contributed by atoms with Crippen molar-refractivity contribution in [3.63, 3.8) is 0 Å². The molecule has 0 aliphatic heterocycles. The molecule has 1 rings (SSSR count). The molecule has 1 aliphatic rings. The molecule has 0 bridgehead atoms. The normalized spacial score (nSPS) is 32.0. The third-order valence-corrected chi connectivity index (χ3v) is 3.17. The second-order valence-corrected chi connectivity index (χ2v) is 5.75. The second kappa shape index (κ2) is 4.10. The van der Waals surface area contributed by atoms with Crippen LogP contribution in [0.2, 0.25) is 0 Å². The van der Waals surface area contributed by atoms with Gasteiger partial charge in [0.15, 0.2) is 0 Å². The second-order valence-electron chi connectivity index (χ2n) is 4.57. The summed E-state index contributed by atoms with van der Waals surface area (Å²) in [7, 11) is 0. The smallest absolute Gasteiger partial charge is 0.0707 e. The molecule has 2 atom stereocenters. The van der Waals surface area contributed by atoms with Crippen molar-refractivity contribution in [1.82, 2.24) is 0 Å². The van der Waals surface area contributed by atoms with E-state index >= 15 is 0 Å². The Bertz CT molecular complexity index is 139. The minimum absolute atomic E-state index is 0.00796. The number of ether oxygens (including phenoxy) is 1. The summed E-state index contributed by atoms with van der Waals surface area (Å²) >= 11 is 3.68. The zero-order chi connectivity index (χ0) is 9.19. The van der Waals surface area contributed by atoms with Gasteiger partial charge in [-0.3, -0.25) is 0 Å². The number of hydrogen-bond donors (Lipinski definition) is 0. The Kier molecular flexibility index (Phi) is 3.59. The molecule has 0 N–H and O–H groups in total. The van der Waals surface area contributed by atoms with Crippen LogP contribution >= 0.6 is 15.9 Å². The minimum atomic E-state index is 0.00796. The van der Waals surface area contributed by atoms with E-state index in [0.29, 0.717) is 10.9 Å². The Morgan fingerprint density at radius 3 is 2.25 bits per heavy atom. The summed E-state index contributed by atoms with van der Waals surface area (Å²) in [6.45, 7) is 6.38. The quantitative estimate of drug-likeness (QED) is 0.632. The zero-order valence-corrected chi connectivity index (χ0v) is 9.86. The molecule has 0 unspecified atom stereocenters. The summed E-state index contributed by atoms with van der Waals surface area (Å²) in [5.74, 6) is 0. The van der Waals surface area contributed by atoms with Crippen molar-refractivity contribution in [3.8, 4) is 0 Å². The first-order valence-corrected chi connectivity index (χ1v) is 5.72. The minimum Gasteiger partial charge on any atom is -0.371 e. The van der Waals surface area contributed by atoms with Gasteiger partial charge in [-0.1, -0.05) is 28.8 Å². The fourth-order valence-electron chi connectivity index (χ4n) is 1.64. The molecule has 12 heavy (non-hydrogen) atoms. The highest BCUT2D eigenvalue weighted by atomic mass is 79.9. The predicted octanol–water partition coefficient (Wildman–Crippen LogP) is 3.51. The Hall–Kier alpha value is 0.440. The van der Waals surface area contributed by atoms with Crippen molar-refractivity contribution in [1.29, 1.82) is 0 Å². The van der Waals surface area contributed by atoms with E-state index in [-0.39, 0.29) is 5.60 Å². The topological polar surface area (TPSA) is 9.23 Å². The van der Waals surface area contributed by atoms with Crippen LogP contribution in [0.15, 0.2) is 0 Å². The molecule has 1 aliphatic carbocycles. The van der Waals surface area contributed by atoms with Crippen molar-refractivity contribution < 1.29 is 4.74 Å². The van der Waals surface area contributed by atoms with Gasteiger partial charge >= 0.3 is 0 Å². The SMILES string of the molecule is CC(C)(C)O[C@@H]1CCCC[C@H]1Br. The van der Waals surface area contributed by atoms with E-state index in [9.17, 15) is 0 Å². The van der Waals surface area contributed by atoms with Gasteiger partial charge in [-0.05, 0) is 33.6 Å². The molecule has 0 amide bonds. The predicted molar refractivity (Wildman–Crippen MR) is 55.8 cm³/mol. The van der Waals surface area contributed by atoms with E-state index in [1.54, 1.807) is 0 Å². The van der Waals surface area contributed by atoms with Crippen LogP contribution in [0.25, 0.3) is 0 Å². The first-order valence-electron chi connectivity index (χ1n) is 4.81. The molecule has 0 aromatic rings. The highest BCUT2D eigenvalue weighted by Crippen LogP contribution is 2.29. The van der Waals surface area contributed by atoms with E-state index in [0.717, 1.165) is 0 Å². The maximum atomic E-state index is 5.94. The summed E-state index contributed by atoms with van der Waals surface area (Å²) < 4.78 is 5.94. The van der Waals surface area contributed by atoms with Gasteiger partial charge in [0.2, 0.25) is 0 Å². The maximum absolute atomic E-state index is 5.94. The molecule has 0 heterocycles. The van der Waals surface area contributed by atoms with Gasteiger partial charge in [0.25, 0.3) is 0 Å². The first-order chi connectivity index (χ1) is 5.49. The molecule has 72 valence electrons. The van der Waals surface area contributed by atoms with Crippen LogP contribution in [0, 0.1) is 0 Å². The molecule has 0 saturated heterocycles. The monoisotopic (exact) mass is 234 g/mol. The van der Waals surface area contributed by atoms with Crippen LogP contribution in [0.1, 0.15) is 46.5 Å². The highest BCUT2D eigenvalue weighted by molar-refractivity contribution is 9.09. The van der Waals surface area contributed by atoms with Crippen LogP contribution in [0.5, 0.6) is 0 Å². The lowest BCUT2D eigenvalue weighted by atomic mass is 9.97. The van der Waals surface area contributed by atoms with Crippen LogP contribution in [-0.2, 0) is 4.74 Å². The summed E-state index contributed by atoms with van der Waals surface area (Å²) in [4.78, 5) is 0.575. The van der Waals surface area contributed by atoms with E-state index in [1.165, 1.54) is 25.7 Å². The van der Waals surface area contributed by atoms with Gasteiger partial charge in [-0.25, -0.2) is 0 Å². The summed E-state index contributed by atoms with van der Waals surface area (Å²) in [6, 6.07) is 0. The molecule has 2 heteroatoms. The molecular weight excluding hydrogens is 216 g/mol. The Balaban J connectivity index is 2.39. The van der Waals surface area contributed by atoms with Crippen molar-refractivity contribution >= 4 is 15.9 Å². The fourth-order valence-corrected chi connectivity index (χ4v) is 2.33. The van der Waals surface area contributed by atoms with Gasteiger partial charge in [0.05, 0.1) is 11.7 Å². The largest absolute Gasteiger partial charge is 0.371 e. The van der Waals surface area contributed by atoms with Crippen LogP contribution in [0.4, 0.5) is 0 Å². The lowest BCUT2D eigenvalue weighted by Gasteiger charge is -2.33. The van der Waals surface area contributed by atoms with Crippen LogP contribution in [0.3, 0.4) is 0 Å². The number of halogens is 1. The summed E-state index contributed by atoms with van der Waals surface area (Å²) in [5, 5.41) is 0. The molecule has 0 radical (unpaired) electrons. The highest BCUT2D eigenvalue weighted by Gasteiger charge is 2.27. The Morgan fingerprint density at radius 1 is 1.17 bits per heavy atom. The molecule has 0 spiro atoms. The van der Waals surface area contributed by atoms with E-state index in [2.05, 4.69) is 36.7 Å². The number of alkyl halides is 1. The molecule has 1 saturated carbocycles. The number of hydrogen-bond acceptors (Lipinski definition) is 1. The molecule has 1 fully saturated rings. The zero-order valence-electron chi connectivity index (χ0n) is 8.27. The fraction of sp³-hybridized carbons (Fsp3) is 1.00. The Morgan fingerprint density at radius 2 is 1.75 bits per heavy atom. The summed E-state index contributed by atoms with van der Waals surface area (Å²) in [5.41, 5.74) is 0.00796. The first kappa shape index (κ1) is 10.5. The van der Waals surface area contributed by atoms with Gasteiger partial charge < -0.3 is 4.74 Å². The van der Waals surface area contributed by atoms with E-state index < -0.39 is 0 Å². The van der Waals surface area contributed by atoms with E-state index in [4.69, 9.17) is 4.74 Å². The standard InChI is InChI=1S/C10H19BrO/c1-10(2,3)12-9-7-5-4-6-8(9)11/h8-9H,4-7H2,1-3H3/t8-,9-/m1/s1. The maximum Gasteiger partial charge on any atom is 0.0707 e. The molecule has 0 aromatic carbocycles. The molecule has 0 aromatic heterocycles. The van der Waals surface area contributed by atoms with Crippen LogP contribution < -0.4 is 0 Å². The van der Waals surface area contributed by atoms with E-state index in [1.807, 2.05) is 0 Å². The number of rotatable bonds is 1. The average Bonchev–Trinajstić information content (AvgIpc) is 1.91.